The van der Waals surface area contributed by atoms with Crippen molar-refractivity contribution in [2.45, 2.75) is 13.5 Å². The SMILES string of the molecule is C=CCn1c(=N)/c(=C(/N)O)s/c1=C1/SC(=S)N(c2ccc(C)cc2)C1=O. The fraction of sp³-hybridized carbons (Fsp3) is 0.118. The van der Waals surface area contributed by atoms with E-state index in [0.29, 0.717) is 26.1 Å². The van der Waals surface area contributed by atoms with Crippen LogP contribution in [-0.4, -0.2) is 19.9 Å². The van der Waals surface area contributed by atoms with E-state index in [4.69, 9.17) is 23.4 Å². The Morgan fingerprint density at radius 2 is 2.08 bits per heavy atom. The molecule has 134 valence electrons. The van der Waals surface area contributed by atoms with Crippen LogP contribution in [0.2, 0.25) is 0 Å². The average Bonchev–Trinajstić information content (AvgIpc) is 3.06. The van der Waals surface area contributed by atoms with Gasteiger partial charge in [0.15, 0.2) is 4.32 Å². The topological polar surface area (TPSA) is 95.3 Å². The van der Waals surface area contributed by atoms with Gasteiger partial charge in [-0.1, -0.05) is 47.8 Å². The van der Waals surface area contributed by atoms with Gasteiger partial charge >= 0.3 is 0 Å². The Hall–Kier alpha value is -2.36. The molecule has 1 fully saturated rings. The fourth-order valence-corrected chi connectivity index (χ4v) is 4.96. The highest BCUT2D eigenvalue weighted by molar-refractivity contribution is 8.31. The highest BCUT2D eigenvalue weighted by Gasteiger charge is 2.35. The first-order valence-electron chi connectivity index (χ1n) is 7.56. The summed E-state index contributed by atoms with van der Waals surface area (Å²) in [6, 6.07) is 7.52. The lowest BCUT2D eigenvalue weighted by molar-refractivity contribution is -0.112. The minimum Gasteiger partial charge on any atom is -0.494 e. The fourth-order valence-electron chi connectivity index (χ4n) is 2.48. The monoisotopic (exact) mass is 404 g/mol. The maximum Gasteiger partial charge on any atom is 0.273 e. The van der Waals surface area contributed by atoms with E-state index in [-0.39, 0.29) is 15.9 Å². The summed E-state index contributed by atoms with van der Waals surface area (Å²) in [6.07, 6.45) is 1.62. The van der Waals surface area contributed by atoms with Gasteiger partial charge in [-0.25, -0.2) is 0 Å². The van der Waals surface area contributed by atoms with Gasteiger partial charge in [0, 0.05) is 6.54 Å². The molecule has 0 radical (unpaired) electrons. The number of aliphatic hydroxyl groups is 1. The van der Waals surface area contributed by atoms with Crippen molar-refractivity contribution < 1.29 is 9.90 Å². The van der Waals surface area contributed by atoms with E-state index in [1.807, 2.05) is 31.2 Å². The number of aryl methyl sites for hydroxylation is 1. The predicted molar refractivity (Wildman–Crippen MR) is 110 cm³/mol. The quantitative estimate of drug-likeness (QED) is 0.529. The van der Waals surface area contributed by atoms with E-state index in [9.17, 15) is 9.90 Å². The van der Waals surface area contributed by atoms with Crippen LogP contribution in [0.15, 0.2) is 36.9 Å². The average molecular weight is 405 g/mol. The van der Waals surface area contributed by atoms with Crippen LogP contribution in [0.1, 0.15) is 5.56 Å². The first-order valence-corrected chi connectivity index (χ1v) is 9.60. The van der Waals surface area contributed by atoms with Crippen LogP contribution in [0, 0.1) is 12.3 Å². The zero-order valence-electron chi connectivity index (χ0n) is 13.9. The Morgan fingerprint density at radius 1 is 1.42 bits per heavy atom. The summed E-state index contributed by atoms with van der Waals surface area (Å²) in [7, 11) is 0. The van der Waals surface area contributed by atoms with Crippen molar-refractivity contribution in [3.8, 4) is 0 Å². The maximum atomic E-state index is 13.0. The third-order valence-corrected chi connectivity index (χ3v) is 6.44. The van der Waals surface area contributed by atoms with E-state index < -0.39 is 5.88 Å². The van der Waals surface area contributed by atoms with E-state index in [0.717, 1.165) is 16.9 Å². The molecule has 26 heavy (non-hydrogen) atoms. The Balaban J connectivity index is 2.23. The molecule has 0 bridgehead atoms. The molecule has 4 N–H and O–H groups in total. The number of nitrogens with two attached hydrogens (primary N) is 1. The number of hydrogen-bond donors (Lipinski definition) is 3. The van der Waals surface area contributed by atoms with Gasteiger partial charge in [-0.05, 0) is 19.1 Å². The van der Waals surface area contributed by atoms with Gasteiger partial charge in [0.2, 0.25) is 5.88 Å². The van der Waals surface area contributed by atoms with Gasteiger partial charge < -0.3 is 15.4 Å². The van der Waals surface area contributed by atoms with E-state index >= 15 is 0 Å². The number of thiazole rings is 1. The van der Waals surface area contributed by atoms with Crippen molar-refractivity contribution in [2.75, 3.05) is 4.90 Å². The molecule has 6 nitrogen and oxygen atoms in total. The van der Waals surface area contributed by atoms with Gasteiger partial charge in [-0.15, -0.1) is 17.9 Å². The molecule has 2 aromatic rings. The molecule has 1 amide bonds. The number of hydrogen-bond acceptors (Lipinski definition) is 7. The molecule has 0 spiro atoms. The van der Waals surface area contributed by atoms with Crippen LogP contribution in [0.25, 0.3) is 10.8 Å². The van der Waals surface area contributed by atoms with Crippen molar-refractivity contribution in [1.82, 2.24) is 4.57 Å². The second-order valence-corrected chi connectivity index (χ2v) is 8.19. The minimum absolute atomic E-state index is 0.0329. The summed E-state index contributed by atoms with van der Waals surface area (Å²) in [6.45, 7) is 5.97. The largest absolute Gasteiger partial charge is 0.494 e. The minimum atomic E-state index is -0.446. The Morgan fingerprint density at radius 3 is 2.65 bits per heavy atom. The molecule has 1 aromatic carbocycles. The molecule has 1 saturated heterocycles. The van der Waals surface area contributed by atoms with Crippen molar-refractivity contribution in [3.05, 3.63) is 57.2 Å². The summed E-state index contributed by atoms with van der Waals surface area (Å²) >= 11 is 7.66. The van der Waals surface area contributed by atoms with Crippen molar-refractivity contribution in [1.29, 1.82) is 5.41 Å². The zero-order valence-corrected chi connectivity index (χ0v) is 16.3. The van der Waals surface area contributed by atoms with Crippen molar-refractivity contribution in [3.63, 3.8) is 0 Å². The second-order valence-electron chi connectivity index (χ2n) is 5.54. The Labute approximate surface area is 163 Å². The molecule has 0 atom stereocenters. The van der Waals surface area contributed by atoms with Gasteiger partial charge in [0.05, 0.1) is 5.69 Å². The molecule has 0 aliphatic carbocycles. The Kier molecular flexibility index (Phi) is 5.03. The molecule has 0 unspecified atom stereocenters. The number of benzene rings is 1. The van der Waals surface area contributed by atoms with Gasteiger partial charge in [-0.3, -0.25) is 15.1 Å². The molecular formula is C17H16N4O2S3. The second kappa shape index (κ2) is 7.10. The number of allylic oxidation sites excluding steroid dienone is 1. The number of amides is 1. The molecular weight excluding hydrogens is 388 g/mol. The highest BCUT2D eigenvalue weighted by Crippen LogP contribution is 2.35. The van der Waals surface area contributed by atoms with Crippen molar-refractivity contribution >= 4 is 62.0 Å². The highest BCUT2D eigenvalue weighted by atomic mass is 32.2. The molecule has 1 aromatic heterocycles. The standard InChI is InChI=1S/C17H16N4O2S3/c1-3-8-20-13(18)11(14(19)22)25-16(20)12-15(23)21(17(24)26-12)10-6-4-9(2)5-7-10/h3-7,18,22H,1,8,19H2,2H3/b14-11+,16-12+,18-13?. The lowest BCUT2D eigenvalue weighted by Crippen LogP contribution is -2.34. The van der Waals surface area contributed by atoms with Crippen molar-refractivity contribution in [2.24, 2.45) is 5.73 Å². The molecule has 3 rings (SSSR count). The van der Waals surface area contributed by atoms with Crippen LogP contribution < -0.4 is 25.3 Å². The number of nitrogens with zero attached hydrogens (tertiary/aromatic N) is 2. The maximum absolute atomic E-state index is 13.0. The van der Waals surface area contributed by atoms with Crippen LogP contribution in [-0.2, 0) is 11.3 Å². The number of carbonyl (C=O) groups is 1. The number of aliphatic hydroxyl groups excluding tert-OH is 1. The number of rotatable bonds is 3. The van der Waals surface area contributed by atoms with E-state index in [2.05, 4.69) is 6.58 Å². The number of nitrogens with one attached hydrogen (secondary N) is 1. The van der Waals surface area contributed by atoms with Gasteiger partial charge in [-0.2, -0.15) is 0 Å². The normalized spacial score (nSPS) is 17.7. The molecule has 1 aliphatic rings. The van der Waals surface area contributed by atoms with E-state index in [1.54, 1.807) is 10.6 Å². The number of thioether (sulfide) groups is 1. The number of aromatic nitrogens is 1. The van der Waals surface area contributed by atoms with Gasteiger partial charge in [0.25, 0.3) is 5.91 Å². The predicted octanol–water partition coefficient (Wildman–Crippen LogP) is 1.28. The number of thiocarbonyl (C=S) groups is 1. The Bertz CT molecular complexity index is 1090. The van der Waals surface area contributed by atoms with E-state index in [1.165, 1.54) is 16.7 Å². The summed E-state index contributed by atoms with van der Waals surface area (Å²) in [4.78, 5) is 14.9. The molecule has 9 heteroatoms. The number of anilines is 1. The van der Waals surface area contributed by atoms with Crippen LogP contribution in [0.5, 0.6) is 0 Å². The van der Waals surface area contributed by atoms with Gasteiger partial charge in [0.1, 0.15) is 19.6 Å². The third-order valence-electron chi connectivity index (χ3n) is 3.73. The lowest BCUT2D eigenvalue weighted by Gasteiger charge is -2.14. The molecule has 0 saturated carbocycles. The lowest BCUT2D eigenvalue weighted by atomic mass is 10.2. The first kappa shape index (κ1) is 18.4. The zero-order chi connectivity index (χ0) is 19.0. The smallest absolute Gasteiger partial charge is 0.273 e. The first-order chi connectivity index (χ1) is 12.3. The summed E-state index contributed by atoms with van der Waals surface area (Å²) in [5, 5.41) is 17.8. The van der Waals surface area contributed by atoms with Crippen LogP contribution in [0.3, 0.4) is 0 Å². The summed E-state index contributed by atoms with van der Waals surface area (Å²) in [5.41, 5.74) is 7.29. The summed E-state index contributed by atoms with van der Waals surface area (Å²) < 4.78 is 2.73. The molecule has 1 aliphatic heterocycles. The third kappa shape index (κ3) is 3.09. The van der Waals surface area contributed by atoms with Crippen LogP contribution in [0.4, 0.5) is 5.69 Å². The van der Waals surface area contributed by atoms with Crippen LogP contribution >= 0.6 is 35.3 Å². The molecule has 2 heterocycles. The summed E-state index contributed by atoms with van der Waals surface area (Å²) in [5.74, 6) is -0.705. The number of carbonyl (C=O) groups excluding carboxylic acids is 1.